The van der Waals surface area contributed by atoms with Crippen LogP contribution in [0.5, 0.6) is 0 Å². The fourth-order valence-corrected chi connectivity index (χ4v) is 2.70. The number of aromatic nitrogens is 2. The number of thiazole rings is 1. The fourth-order valence-electron chi connectivity index (χ4n) is 1.92. The van der Waals surface area contributed by atoms with Crippen LogP contribution in [-0.2, 0) is 4.79 Å². The van der Waals surface area contributed by atoms with Gasteiger partial charge in [0, 0.05) is 24.7 Å². The van der Waals surface area contributed by atoms with Crippen LogP contribution in [0.1, 0.15) is 24.3 Å². The highest BCUT2D eigenvalue weighted by Crippen LogP contribution is 2.21. The number of nitrogens with zero attached hydrogens (tertiary/aromatic N) is 3. The number of carbonyl (C=O) groups excluding carboxylic acids is 2. The van der Waals surface area contributed by atoms with E-state index in [1.165, 1.54) is 11.3 Å². The molecule has 0 spiro atoms. The number of amides is 2. The number of hydrogen-bond acceptors (Lipinski definition) is 5. The first kappa shape index (κ1) is 16.1. The molecule has 2 amide bonds. The van der Waals surface area contributed by atoms with E-state index in [2.05, 4.69) is 15.3 Å². The largest absolute Gasteiger partial charge is 0.342 e. The van der Waals surface area contributed by atoms with Crippen LogP contribution < -0.4 is 5.32 Å². The van der Waals surface area contributed by atoms with Crippen LogP contribution in [0.4, 0.5) is 0 Å². The van der Waals surface area contributed by atoms with Crippen molar-refractivity contribution in [2.24, 2.45) is 0 Å². The Balaban J connectivity index is 1.97. The lowest BCUT2D eigenvalue weighted by atomic mass is 10.3. The van der Waals surface area contributed by atoms with Crippen molar-refractivity contribution in [3.8, 4) is 10.7 Å². The second kappa shape index (κ2) is 7.65. The molecule has 116 valence electrons. The molecule has 6 nitrogen and oxygen atoms in total. The molecule has 0 radical (unpaired) electrons. The summed E-state index contributed by atoms with van der Waals surface area (Å²) in [7, 11) is 0. The lowest BCUT2D eigenvalue weighted by Gasteiger charge is -2.18. The molecule has 2 heterocycles. The van der Waals surface area contributed by atoms with Gasteiger partial charge in [-0.3, -0.25) is 14.6 Å². The molecule has 0 unspecified atom stereocenters. The Labute approximate surface area is 133 Å². The smallest absolute Gasteiger partial charge is 0.271 e. The topological polar surface area (TPSA) is 75.2 Å². The van der Waals surface area contributed by atoms with E-state index in [4.69, 9.17) is 0 Å². The fraction of sp³-hybridized carbons (Fsp3) is 0.333. The van der Waals surface area contributed by atoms with Crippen molar-refractivity contribution < 1.29 is 9.59 Å². The van der Waals surface area contributed by atoms with Crippen LogP contribution in [-0.4, -0.2) is 46.3 Å². The van der Waals surface area contributed by atoms with E-state index >= 15 is 0 Å². The molecule has 0 bridgehead atoms. The van der Waals surface area contributed by atoms with E-state index in [9.17, 15) is 9.59 Å². The zero-order valence-electron chi connectivity index (χ0n) is 12.6. The van der Waals surface area contributed by atoms with Crippen molar-refractivity contribution in [3.05, 3.63) is 35.5 Å². The summed E-state index contributed by atoms with van der Waals surface area (Å²) in [5, 5.41) is 4.96. The Morgan fingerprint density at radius 2 is 2.05 bits per heavy atom. The van der Waals surface area contributed by atoms with Gasteiger partial charge in [0.15, 0.2) is 0 Å². The molecule has 2 rings (SSSR count). The third-order valence-electron chi connectivity index (χ3n) is 3.14. The lowest BCUT2D eigenvalue weighted by molar-refractivity contribution is -0.129. The number of nitrogens with one attached hydrogen (secondary N) is 1. The highest BCUT2D eigenvalue weighted by atomic mass is 32.1. The van der Waals surface area contributed by atoms with Gasteiger partial charge in [-0.15, -0.1) is 11.3 Å². The van der Waals surface area contributed by atoms with Gasteiger partial charge in [0.05, 0.1) is 12.2 Å². The predicted octanol–water partition coefficient (Wildman–Crippen LogP) is 1.80. The highest BCUT2D eigenvalue weighted by Gasteiger charge is 2.15. The van der Waals surface area contributed by atoms with Gasteiger partial charge in [0.2, 0.25) is 5.91 Å². The van der Waals surface area contributed by atoms with Gasteiger partial charge in [0.1, 0.15) is 10.7 Å². The van der Waals surface area contributed by atoms with Gasteiger partial charge >= 0.3 is 0 Å². The van der Waals surface area contributed by atoms with Crippen molar-refractivity contribution in [3.63, 3.8) is 0 Å². The van der Waals surface area contributed by atoms with Gasteiger partial charge in [0.25, 0.3) is 5.91 Å². The first-order chi connectivity index (χ1) is 10.7. The molecule has 22 heavy (non-hydrogen) atoms. The first-order valence-electron chi connectivity index (χ1n) is 7.08. The summed E-state index contributed by atoms with van der Waals surface area (Å²) in [6.45, 7) is 5.06. The van der Waals surface area contributed by atoms with Crippen LogP contribution in [0.15, 0.2) is 29.8 Å². The molecule has 0 aliphatic heterocycles. The molecule has 1 N–H and O–H groups in total. The number of rotatable bonds is 6. The average molecular weight is 318 g/mol. The number of hydrogen-bond donors (Lipinski definition) is 1. The van der Waals surface area contributed by atoms with Crippen LogP contribution in [0, 0.1) is 0 Å². The summed E-state index contributed by atoms with van der Waals surface area (Å²) in [4.78, 5) is 34.0. The quantitative estimate of drug-likeness (QED) is 0.881. The first-order valence-corrected chi connectivity index (χ1v) is 7.96. The molecule has 0 saturated carbocycles. The van der Waals surface area contributed by atoms with Crippen molar-refractivity contribution in [1.29, 1.82) is 0 Å². The Morgan fingerprint density at radius 3 is 2.68 bits per heavy atom. The number of carbonyl (C=O) groups is 2. The SMILES string of the molecule is CCN(CC)C(=O)CNC(=O)c1csc(-c2ccccn2)n1. The maximum Gasteiger partial charge on any atom is 0.271 e. The summed E-state index contributed by atoms with van der Waals surface area (Å²) in [6, 6.07) is 5.53. The molecule has 0 saturated heterocycles. The molecule has 0 fully saturated rings. The predicted molar refractivity (Wildman–Crippen MR) is 85.6 cm³/mol. The van der Waals surface area contributed by atoms with E-state index in [1.807, 2.05) is 32.0 Å². The summed E-state index contributed by atoms with van der Waals surface area (Å²) in [6.07, 6.45) is 1.68. The highest BCUT2D eigenvalue weighted by molar-refractivity contribution is 7.13. The summed E-state index contributed by atoms with van der Waals surface area (Å²) in [5.41, 5.74) is 1.03. The monoisotopic (exact) mass is 318 g/mol. The average Bonchev–Trinajstić information content (AvgIpc) is 3.04. The summed E-state index contributed by atoms with van der Waals surface area (Å²) >= 11 is 1.35. The van der Waals surface area contributed by atoms with E-state index in [0.717, 1.165) is 5.69 Å². The molecular weight excluding hydrogens is 300 g/mol. The van der Waals surface area contributed by atoms with Crippen molar-refractivity contribution in [2.45, 2.75) is 13.8 Å². The molecule has 0 aliphatic carbocycles. The Morgan fingerprint density at radius 1 is 1.27 bits per heavy atom. The molecule has 0 aromatic carbocycles. The Hall–Kier alpha value is -2.28. The number of likely N-dealkylation sites (N-methyl/N-ethyl adjacent to an activating group) is 1. The maximum absolute atomic E-state index is 12.0. The molecular formula is C15H18N4O2S. The molecule has 2 aromatic heterocycles. The summed E-state index contributed by atoms with van der Waals surface area (Å²) in [5.74, 6) is -0.447. The van der Waals surface area contributed by atoms with Crippen molar-refractivity contribution >= 4 is 23.2 Å². The van der Waals surface area contributed by atoms with Gasteiger partial charge in [-0.1, -0.05) is 6.07 Å². The van der Waals surface area contributed by atoms with Gasteiger partial charge in [-0.25, -0.2) is 4.98 Å². The van der Waals surface area contributed by atoms with Crippen molar-refractivity contribution in [2.75, 3.05) is 19.6 Å². The zero-order valence-corrected chi connectivity index (χ0v) is 13.4. The van der Waals surface area contributed by atoms with E-state index < -0.39 is 0 Å². The minimum Gasteiger partial charge on any atom is -0.342 e. The van der Waals surface area contributed by atoms with Gasteiger partial charge < -0.3 is 10.2 Å². The van der Waals surface area contributed by atoms with Gasteiger partial charge in [-0.2, -0.15) is 0 Å². The third kappa shape index (κ3) is 3.88. The van der Waals surface area contributed by atoms with E-state index in [0.29, 0.717) is 23.8 Å². The van der Waals surface area contributed by atoms with E-state index in [1.54, 1.807) is 16.5 Å². The van der Waals surface area contributed by atoms with Crippen LogP contribution in [0.3, 0.4) is 0 Å². The molecule has 2 aromatic rings. The van der Waals surface area contributed by atoms with Crippen LogP contribution in [0.2, 0.25) is 0 Å². The van der Waals surface area contributed by atoms with Crippen molar-refractivity contribution in [1.82, 2.24) is 20.2 Å². The minimum atomic E-state index is -0.348. The molecule has 0 atom stereocenters. The van der Waals surface area contributed by atoms with E-state index in [-0.39, 0.29) is 18.4 Å². The third-order valence-corrected chi connectivity index (χ3v) is 4.00. The van der Waals surface area contributed by atoms with Crippen LogP contribution >= 0.6 is 11.3 Å². The van der Waals surface area contributed by atoms with Crippen LogP contribution in [0.25, 0.3) is 10.7 Å². The standard InChI is InChI=1S/C15H18N4O2S/c1-3-19(4-2)13(20)9-17-14(21)12-10-22-15(18-12)11-7-5-6-8-16-11/h5-8,10H,3-4,9H2,1-2H3,(H,17,21). The zero-order chi connectivity index (χ0) is 15.9. The Kier molecular flexibility index (Phi) is 5.60. The normalized spacial score (nSPS) is 10.3. The lowest BCUT2D eigenvalue weighted by Crippen LogP contribution is -2.40. The second-order valence-corrected chi connectivity index (χ2v) is 5.36. The maximum atomic E-state index is 12.0. The molecule has 7 heteroatoms. The van der Waals surface area contributed by atoms with Gasteiger partial charge in [-0.05, 0) is 26.0 Å². The number of pyridine rings is 1. The summed E-state index contributed by atoms with van der Waals surface area (Å²) < 4.78 is 0. The minimum absolute atomic E-state index is 0.0169. The Bertz CT molecular complexity index is 638. The molecule has 0 aliphatic rings. The second-order valence-electron chi connectivity index (χ2n) is 4.50.